The molecular weight excluding hydrogens is 305 g/mol. The molecule has 0 spiro atoms. The van der Waals surface area contributed by atoms with Crippen LogP contribution in [0.2, 0.25) is 0 Å². The van der Waals surface area contributed by atoms with Gasteiger partial charge in [0.05, 0.1) is 26.1 Å². The molecule has 7 heteroatoms. The van der Waals surface area contributed by atoms with Crippen LogP contribution in [-0.4, -0.2) is 45.5 Å². The van der Waals surface area contributed by atoms with E-state index in [1.54, 1.807) is 12.1 Å². The van der Waals surface area contributed by atoms with Gasteiger partial charge < -0.3 is 9.47 Å². The molecule has 0 fully saturated rings. The number of unbranched alkanes of at least 4 members (excludes halogenated alkanes) is 1. The Hall–Kier alpha value is -2.15. The second-order valence-corrected chi connectivity index (χ2v) is 4.79. The Balaban J connectivity index is 2.58. The van der Waals surface area contributed by atoms with Gasteiger partial charge in [-0.25, -0.2) is 9.86 Å². The first kappa shape index (κ1) is 18.9. The van der Waals surface area contributed by atoms with Gasteiger partial charge in [0, 0.05) is 0 Å². The summed E-state index contributed by atoms with van der Waals surface area (Å²) in [4.78, 5) is 28.5. The van der Waals surface area contributed by atoms with Crippen molar-refractivity contribution in [2.75, 3.05) is 38.6 Å². The van der Waals surface area contributed by atoms with Crippen molar-refractivity contribution in [1.82, 2.24) is 0 Å². The molecular formula is C16H22FNO5. The maximum Gasteiger partial charge on any atom is 0.334 e. The Morgan fingerprint density at radius 1 is 1.17 bits per heavy atom. The van der Waals surface area contributed by atoms with Crippen molar-refractivity contribution in [3.8, 4) is 0 Å². The molecule has 1 aromatic rings. The summed E-state index contributed by atoms with van der Waals surface area (Å²) in [5.74, 6) is -1.07. The van der Waals surface area contributed by atoms with E-state index in [2.05, 4.69) is 4.74 Å². The van der Waals surface area contributed by atoms with E-state index in [0.717, 1.165) is 5.56 Å². The number of benzene rings is 1. The Kier molecular flexibility index (Phi) is 8.67. The van der Waals surface area contributed by atoms with Crippen LogP contribution in [0.3, 0.4) is 0 Å². The molecule has 0 aliphatic carbocycles. The molecule has 0 N–H and O–H groups in total. The van der Waals surface area contributed by atoms with E-state index >= 15 is 0 Å². The number of alkyl halides is 1. The standard InChI is InChI=1S/C16H22FNO5/c1-13-7-3-4-8-14(13)18(11-15(19)21-2)23-12-16(20)22-10-6-5-9-17/h3-4,7-8H,5-6,9-12H2,1-2H3. The topological polar surface area (TPSA) is 65.1 Å². The van der Waals surface area contributed by atoms with Crippen molar-refractivity contribution in [1.29, 1.82) is 0 Å². The lowest BCUT2D eigenvalue weighted by atomic mass is 10.2. The third-order valence-corrected chi connectivity index (χ3v) is 3.01. The van der Waals surface area contributed by atoms with Gasteiger partial charge in [0.1, 0.15) is 6.54 Å². The van der Waals surface area contributed by atoms with Crippen LogP contribution in [-0.2, 0) is 23.9 Å². The fraction of sp³-hybridized carbons (Fsp3) is 0.500. The molecule has 0 aromatic heterocycles. The van der Waals surface area contributed by atoms with Crippen LogP contribution in [0.1, 0.15) is 18.4 Å². The number of hydrogen-bond acceptors (Lipinski definition) is 6. The molecule has 0 saturated carbocycles. The number of hydroxylamine groups is 1. The number of nitrogens with zero attached hydrogens (tertiary/aromatic N) is 1. The van der Waals surface area contributed by atoms with Crippen molar-refractivity contribution in [2.24, 2.45) is 0 Å². The molecule has 1 rings (SSSR count). The van der Waals surface area contributed by atoms with E-state index in [0.29, 0.717) is 18.5 Å². The van der Waals surface area contributed by atoms with Gasteiger partial charge >= 0.3 is 11.9 Å². The highest BCUT2D eigenvalue weighted by Crippen LogP contribution is 2.19. The zero-order valence-corrected chi connectivity index (χ0v) is 13.4. The van der Waals surface area contributed by atoms with Gasteiger partial charge in [-0.3, -0.25) is 14.0 Å². The van der Waals surface area contributed by atoms with E-state index < -0.39 is 18.6 Å². The second-order valence-electron chi connectivity index (χ2n) is 4.79. The molecule has 0 radical (unpaired) electrons. The first-order valence-electron chi connectivity index (χ1n) is 7.33. The van der Waals surface area contributed by atoms with Crippen LogP contribution < -0.4 is 5.06 Å². The number of rotatable bonds is 10. The average Bonchev–Trinajstić information content (AvgIpc) is 2.56. The molecule has 128 valence electrons. The molecule has 0 aliphatic heterocycles. The maximum atomic E-state index is 11.9. The summed E-state index contributed by atoms with van der Waals surface area (Å²) in [5, 5.41) is 1.30. The summed E-state index contributed by atoms with van der Waals surface area (Å²) in [7, 11) is 1.28. The SMILES string of the molecule is COC(=O)CN(OCC(=O)OCCCCF)c1ccccc1C. The molecule has 0 heterocycles. The number of halogens is 1. The summed E-state index contributed by atoms with van der Waals surface area (Å²) in [6.45, 7) is 1.07. The van der Waals surface area contributed by atoms with Crippen LogP contribution in [0.15, 0.2) is 24.3 Å². The number of para-hydroxylation sites is 1. The van der Waals surface area contributed by atoms with E-state index in [4.69, 9.17) is 9.57 Å². The van der Waals surface area contributed by atoms with Crippen LogP contribution >= 0.6 is 0 Å². The Morgan fingerprint density at radius 3 is 2.57 bits per heavy atom. The van der Waals surface area contributed by atoms with E-state index in [1.807, 2.05) is 19.1 Å². The molecule has 0 aliphatic rings. The normalized spacial score (nSPS) is 10.2. The lowest BCUT2D eigenvalue weighted by molar-refractivity contribution is -0.151. The lowest BCUT2D eigenvalue weighted by Crippen LogP contribution is -2.33. The highest BCUT2D eigenvalue weighted by molar-refractivity contribution is 5.76. The zero-order chi connectivity index (χ0) is 17.1. The highest BCUT2D eigenvalue weighted by Gasteiger charge is 2.16. The minimum absolute atomic E-state index is 0.146. The number of carbonyl (C=O) groups excluding carboxylic acids is 2. The predicted molar refractivity (Wildman–Crippen MR) is 82.7 cm³/mol. The summed E-state index contributed by atoms with van der Waals surface area (Å²) >= 11 is 0. The van der Waals surface area contributed by atoms with Gasteiger partial charge in [0.25, 0.3) is 0 Å². The largest absolute Gasteiger partial charge is 0.468 e. The summed E-state index contributed by atoms with van der Waals surface area (Å²) in [6.07, 6.45) is 0.817. The van der Waals surface area contributed by atoms with Gasteiger partial charge in [0.2, 0.25) is 0 Å². The van der Waals surface area contributed by atoms with Crippen molar-refractivity contribution in [3.05, 3.63) is 29.8 Å². The number of ether oxygens (including phenoxy) is 2. The minimum atomic E-state index is -0.577. The van der Waals surface area contributed by atoms with Crippen molar-refractivity contribution in [3.63, 3.8) is 0 Å². The monoisotopic (exact) mass is 327 g/mol. The molecule has 0 saturated heterocycles. The van der Waals surface area contributed by atoms with Crippen molar-refractivity contribution >= 4 is 17.6 Å². The van der Waals surface area contributed by atoms with Crippen molar-refractivity contribution < 1.29 is 28.3 Å². The lowest BCUT2D eigenvalue weighted by Gasteiger charge is -2.23. The zero-order valence-electron chi connectivity index (χ0n) is 13.4. The third-order valence-electron chi connectivity index (χ3n) is 3.01. The number of anilines is 1. The molecule has 23 heavy (non-hydrogen) atoms. The third kappa shape index (κ3) is 7.10. The Morgan fingerprint density at radius 2 is 1.91 bits per heavy atom. The molecule has 6 nitrogen and oxygen atoms in total. The first-order chi connectivity index (χ1) is 11.1. The average molecular weight is 327 g/mol. The minimum Gasteiger partial charge on any atom is -0.468 e. The van der Waals surface area contributed by atoms with E-state index in [-0.39, 0.29) is 19.8 Å². The van der Waals surface area contributed by atoms with Gasteiger partial charge in [-0.05, 0) is 31.4 Å². The van der Waals surface area contributed by atoms with Crippen LogP contribution in [0.25, 0.3) is 0 Å². The molecule has 0 unspecified atom stereocenters. The molecule has 0 amide bonds. The second kappa shape index (κ2) is 10.6. The summed E-state index contributed by atoms with van der Waals surface area (Å²) < 4.78 is 21.5. The smallest absolute Gasteiger partial charge is 0.334 e. The molecule has 0 bridgehead atoms. The maximum absolute atomic E-state index is 11.9. The van der Waals surface area contributed by atoms with Crippen molar-refractivity contribution in [2.45, 2.75) is 19.8 Å². The predicted octanol–water partition coefficient (Wildman–Crippen LogP) is 2.20. The first-order valence-corrected chi connectivity index (χ1v) is 7.33. The van der Waals surface area contributed by atoms with Gasteiger partial charge in [-0.15, -0.1) is 0 Å². The van der Waals surface area contributed by atoms with Gasteiger partial charge in [0.15, 0.2) is 6.61 Å². The Bertz CT molecular complexity index is 509. The highest BCUT2D eigenvalue weighted by atomic mass is 19.1. The fourth-order valence-electron chi connectivity index (χ4n) is 1.78. The van der Waals surface area contributed by atoms with E-state index in [1.165, 1.54) is 12.2 Å². The molecule has 0 atom stereocenters. The fourth-order valence-corrected chi connectivity index (χ4v) is 1.78. The number of aryl methyl sites for hydroxylation is 1. The quantitative estimate of drug-likeness (QED) is 0.373. The number of methoxy groups -OCH3 is 1. The van der Waals surface area contributed by atoms with Gasteiger partial charge in [-0.2, -0.15) is 0 Å². The van der Waals surface area contributed by atoms with Crippen LogP contribution in [0.5, 0.6) is 0 Å². The number of esters is 2. The number of hydrogen-bond donors (Lipinski definition) is 0. The summed E-state index contributed by atoms with van der Waals surface area (Å²) in [6, 6.07) is 7.28. The molecule has 1 aromatic carbocycles. The summed E-state index contributed by atoms with van der Waals surface area (Å²) in [5.41, 5.74) is 1.54. The van der Waals surface area contributed by atoms with Gasteiger partial charge in [-0.1, -0.05) is 18.2 Å². The van der Waals surface area contributed by atoms with E-state index in [9.17, 15) is 14.0 Å². The van der Waals surface area contributed by atoms with Crippen LogP contribution in [0, 0.1) is 6.92 Å². The van der Waals surface area contributed by atoms with Crippen LogP contribution in [0.4, 0.5) is 10.1 Å². The Labute approximate surface area is 135 Å². The number of carbonyl (C=O) groups is 2.